The van der Waals surface area contributed by atoms with Gasteiger partial charge in [0.1, 0.15) is 16.7 Å². The van der Waals surface area contributed by atoms with Gasteiger partial charge < -0.3 is 43.2 Å². The zero-order chi connectivity index (χ0) is 101. The van der Waals surface area contributed by atoms with Crippen LogP contribution in [0.25, 0.3) is 133 Å². The Kier molecular flexibility index (Phi) is 36.8. The molecule has 1 saturated carbocycles. The third-order valence-corrected chi connectivity index (χ3v) is 33.6. The van der Waals surface area contributed by atoms with Gasteiger partial charge in [-0.25, -0.2) is 0 Å². The molecule has 0 amide bonds. The van der Waals surface area contributed by atoms with E-state index in [4.69, 9.17) is 18.2 Å². The fourth-order valence-electron chi connectivity index (χ4n) is 18.9. The SMILES string of the molecule is CC(C)(C)Cc1ccnc(-c2[c-]cc3oc4ccccc4c3c2)c1.CC(C)c1ccnc(-c2[c-]cc3oc4ccccc4c3c2)c1.CC(c1c[c-]c(-c2cc([Si](C)(C)C)ccn2)cc1)c1ccccc1.C[Si](C)(C)c1ccc(-c2[c-]cc(Cc3ccccc3)cc2)nc1.Cc1cc(-c2[c-]cc(C(C)(C)c3ccccc3)cc2)ncc1[Si](C)(C)C.[Ir].[Ir].[Ir].[c-]1cc2oc3ccccc3c2cc1-c1cc(CC2CCCC2)ccn1. The number of rotatable bonds is 19. The van der Waals surface area contributed by atoms with Gasteiger partial charge in [0, 0.05) is 114 Å². The second kappa shape index (κ2) is 49.1. The quantitative estimate of drug-likeness (QED) is 0.0576. The van der Waals surface area contributed by atoms with Crippen LogP contribution < -0.4 is 15.6 Å². The minimum atomic E-state index is -1.35. The van der Waals surface area contributed by atoms with Crippen molar-refractivity contribution in [2.45, 2.75) is 183 Å². The molecule has 1 aliphatic carbocycles. The predicted molar refractivity (Wildman–Crippen MR) is 611 cm³/mol. The van der Waals surface area contributed by atoms with Crippen LogP contribution in [-0.2, 0) is 85.0 Å². The van der Waals surface area contributed by atoms with Gasteiger partial charge >= 0.3 is 0 Å². The zero-order valence-electron chi connectivity index (χ0n) is 87.7. The summed E-state index contributed by atoms with van der Waals surface area (Å²) in [6, 6.07) is 132. The predicted octanol–water partition coefficient (Wildman–Crippen LogP) is 33.4. The number of aromatic nitrogens is 6. The van der Waals surface area contributed by atoms with Gasteiger partial charge in [0.15, 0.2) is 0 Å². The largest absolute Gasteiger partial charge is 0.500 e. The summed E-state index contributed by atoms with van der Waals surface area (Å²) in [5, 5.41) is 11.0. The fourth-order valence-corrected chi connectivity index (χ4v) is 22.8. The molecular weight excluding hydrogens is 2380 g/mol. The first-order valence-corrected chi connectivity index (χ1v) is 61.2. The number of nitrogens with zero attached hydrogens (tertiary/aromatic N) is 6. The molecule has 751 valence electrons. The van der Waals surface area contributed by atoms with Crippen LogP contribution in [0.4, 0.5) is 0 Å². The molecule has 1 fully saturated rings. The van der Waals surface area contributed by atoms with E-state index >= 15 is 0 Å². The van der Waals surface area contributed by atoms with Gasteiger partial charge in [-0.1, -0.05) is 377 Å². The molecule has 3 radical (unpaired) electrons. The first-order chi connectivity index (χ1) is 69.2. The Labute approximate surface area is 914 Å². The molecule has 15 heteroatoms. The number of para-hydroxylation sites is 3. The number of hydrogen-bond acceptors (Lipinski definition) is 9. The standard InChI is InChI=1S/C24H28NSi.C23H20NO.C22H20NO.C22H24NSi.C21H22NSi.C20H16NO.3Ir/c1-18-16-22(25-17-23(18)26(4,5)6)19-12-14-21(15-13-19)24(2,3)20-10-8-7-9-11-20;1-2-6-16(5-1)13-17-11-12-24-21(14-17)18-9-10-23-20(15-18)19-7-3-4-8-22(19)25-23;1-22(2,3)14-15-10-11-23-19(12-15)16-8-9-21-18(13-16)17-6-4-5-7-20(17)24-21;1-17(18-8-6-5-7-9-18)19-10-12-20(13-11-19)22-16-21(14-15-23-22)24(2,3)4;1-23(2,3)20-13-14-21(22-16-20)19-11-9-18(10-12-19)15-17-7-5-4-6-8-17;1-13(2)14-9-10-21-18(12-14)15-7-8-20-17(11-15)16-5-3-4-6-19(16)22-20;;;/h7-12,14-17H,1-6H3;3-4,7-8,10-12,14-16H,1-2,5-6,13H2;4-7,9-13H,14H2,1-3H3;5-12,14-17H,1-4H3;4-11,13-14,16H,15H2,1-3H3;3-6,8-13H,1-2H3;;;/q6*-1;;;. The van der Waals surface area contributed by atoms with Crippen LogP contribution in [0.3, 0.4) is 0 Å². The molecule has 147 heavy (non-hydrogen) atoms. The van der Waals surface area contributed by atoms with Crippen LogP contribution in [0.5, 0.6) is 0 Å². The Balaban J connectivity index is 0.000000139. The minimum absolute atomic E-state index is 0. The average Bonchev–Trinajstić information content (AvgIpc) is 1.47. The van der Waals surface area contributed by atoms with Crippen molar-refractivity contribution in [3.63, 3.8) is 0 Å². The second-order valence-electron chi connectivity index (χ2n) is 43.4. The van der Waals surface area contributed by atoms with Crippen molar-refractivity contribution in [3.8, 4) is 67.5 Å². The van der Waals surface area contributed by atoms with Crippen molar-refractivity contribution in [1.82, 2.24) is 29.9 Å². The van der Waals surface area contributed by atoms with E-state index in [2.05, 4.69) is 437 Å². The number of furan rings is 3. The Morgan fingerprint density at radius 2 is 0.762 bits per heavy atom. The fraction of sp³-hybridized carbons (Fsp3) is 0.227. The zero-order valence-corrected chi connectivity index (χ0v) is 97.8. The summed E-state index contributed by atoms with van der Waals surface area (Å²) in [6.07, 6.45) is 20.4. The number of pyridine rings is 6. The maximum absolute atomic E-state index is 5.90. The third-order valence-electron chi connectivity index (χ3n) is 27.4. The van der Waals surface area contributed by atoms with Crippen LogP contribution in [0, 0.1) is 54.7 Å². The maximum Gasteiger partial charge on any atom is 0.120 e. The number of aryl methyl sites for hydroxylation is 1. The van der Waals surface area contributed by atoms with E-state index in [1.807, 2.05) is 104 Å². The first-order valence-electron chi connectivity index (χ1n) is 50.7. The van der Waals surface area contributed by atoms with Crippen molar-refractivity contribution in [2.24, 2.45) is 11.3 Å². The van der Waals surface area contributed by atoms with Gasteiger partial charge in [-0.05, 0) is 153 Å². The monoisotopic (exact) mass is 2510 g/mol. The van der Waals surface area contributed by atoms with Crippen molar-refractivity contribution in [2.75, 3.05) is 0 Å². The second-order valence-corrected chi connectivity index (χ2v) is 58.6. The summed E-state index contributed by atoms with van der Waals surface area (Å²) < 4.78 is 17.6. The molecule has 9 aromatic heterocycles. The molecule has 21 aromatic rings. The minimum Gasteiger partial charge on any atom is -0.500 e. The molecular formula is C132H130Ir3N6O3Si3-6. The molecule has 9 nitrogen and oxygen atoms in total. The molecule has 22 rings (SSSR count). The van der Waals surface area contributed by atoms with Crippen molar-refractivity contribution >= 4 is 106 Å². The van der Waals surface area contributed by atoms with Crippen molar-refractivity contribution < 1.29 is 73.6 Å². The van der Waals surface area contributed by atoms with Gasteiger partial charge in [-0.3, -0.25) is 0 Å². The summed E-state index contributed by atoms with van der Waals surface area (Å²) in [7, 11) is -3.95. The van der Waals surface area contributed by atoms with Gasteiger partial charge in [-0.2, -0.15) is 0 Å². The van der Waals surface area contributed by atoms with Crippen molar-refractivity contribution in [3.05, 3.63) is 451 Å². The van der Waals surface area contributed by atoms with Gasteiger partial charge in [-0.15, -0.1) is 177 Å². The Hall–Kier alpha value is -12.5. The first kappa shape index (κ1) is 110. The summed E-state index contributed by atoms with van der Waals surface area (Å²) >= 11 is 0. The van der Waals surface area contributed by atoms with E-state index in [0.29, 0.717) is 11.8 Å². The summed E-state index contributed by atoms with van der Waals surface area (Å²) in [5.41, 5.74) is 30.9. The molecule has 0 N–H and O–H groups in total. The molecule has 1 aliphatic rings. The molecule has 0 bridgehead atoms. The number of benzene rings is 12. The summed E-state index contributed by atoms with van der Waals surface area (Å²) in [5.74, 6) is 1.71. The normalized spacial score (nSPS) is 12.4. The van der Waals surface area contributed by atoms with Crippen LogP contribution in [-0.4, -0.2) is 54.1 Å². The molecule has 0 saturated heterocycles. The Bertz CT molecular complexity index is 7920. The van der Waals surface area contributed by atoms with Gasteiger partial charge in [0.05, 0.1) is 41.0 Å². The summed E-state index contributed by atoms with van der Waals surface area (Å²) in [4.78, 5) is 27.6. The van der Waals surface area contributed by atoms with Gasteiger partial charge in [0.2, 0.25) is 0 Å². The van der Waals surface area contributed by atoms with Crippen LogP contribution in [0.2, 0.25) is 58.9 Å². The van der Waals surface area contributed by atoms with E-state index in [0.717, 1.165) is 152 Å². The Morgan fingerprint density at radius 1 is 0.320 bits per heavy atom. The topological polar surface area (TPSA) is 117 Å². The van der Waals surface area contributed by atoms with Gasteiger partial charge in [0.25, 0.3) is 0 Å². The maximum atomic E-state index is 5.90. The van der Waals surface area contributed by atoms with E-state index in [1.165, 1.54) is 103 Å². The van der Waals surface area contributed by atoms with Crippen LogP contribution in [0.1, 0.15) is 149 Å². The number of hydrogen-bond donors (Lipinski definition) is 0. The van der Waals surface area contributed by atoms with Crippen LogP contribution >= 0.6 is 0 Å². The number of fused-ring (bicyclic) bond motifs is 9. The molecule has 0 aliphatic heterocycles. The Morgan fingerprint density at radius 3 is 1.24 bits per heavy atom. The van der Waals surface area contributed by atoms with E-state index in [-0.39, 0.29) is 71.1 Å². The van der Waals surface area contributed by atoms with E-state index in [1.54, 1.807) is 0 Å². The average molecular weight is 2510 g/mol. The molecule has 1 atom stereocenters. The molecule has 1 unspecified atom stereocenters. The third kappa shape index (κ3) is 28.1. The summed E-state index contributed by atoms with van der Waals surface area (Å²) in [6.45, 7) is 41.3. The molecule has 12 aromatic carbocycles. The smallest absolute Gasteiger partial charge is 0.120 e. The van der Waals surface area contributed by atoms with Crippen LogP contribution in [0.15, 0.2) is 372 Å². The molecule has 0 spiro atoms. The van der Waals surface area contributed by atoms with E-state index < -0.39 is 24.2 Å². The van der Waals surface area contributed by atoms with Crippen molar-refractivity contribution in [1.29, 1.82) is 0 Å². The molecule has 9 heterocycles. The van der Waals surface area contributed by atoms with E-state index in [9.17, 15) is 0 Å².